The van der Waals surface area contributed by atoms with Crippen molar-refractivity contribution in [1.29, 1.82) is 0 Å². The number of rotatable bonds is 6. The van der Waals surface area contributed by atoms with Crippen molar-refractivity contribution in [2.45, 2.75) is 44.1 Å². The van der Waals surface area contributed by atoms with Gasteiger partial charge in [0.15, 0.2) is 6.29 Å². The van der Waals surface area contributed by atoms with Gasteiger partial charge in [0.2, 0.25) is 11.8 Å². The average Bonchev–Trinajstić information content (AvgIpc) is 2.60. The highest BCUT2D eigenvalue weighted by atomic mass is 16.7. The zero-order chi connectivity index (χ0) is 18.6. The molecule has 0 radical (unpaired) electrons. The van der Waals surface area contributed by atoms with Gasteiger partial charge in [-0.2, -0.15) is 0 Å². The summed E-state index contributed by atoms with van der Waals surface area (Å²) < 4.78 is 10.6. The highest BCUT2D eigenvalue weighted by molar-refractivity contribution is 5.87. The van der Waals surface area contributed by atoms with Crippen molar-refractivity contribution in [1.82, 2.24) is 10.6 Å². The van der Waals surface area contributed by atoms with Gasteiger partial charge in [0.05, 0.1) is 24.5 Å². The number of ether oxygens (including phenoxy) is 2. The number of carbonyl (C=O) groups excluding carboxylic acids is 2. The Bertz CT molecular complexity index is 478. The van der Waals surface area contributed by atoms with E-state index >= 15 is 0 Å². The van der Waals surface area contributed by atoms with E-state index in [2.05, 4.69) is 10.6 Å². The summed E-state index contributed by atoms with van der Waals surface area (Å²) in [7, 11) is 0. The fourth-order valence-electron chi connectivity index (χ4n) is 3.11. The third-order valence-corrected chi connectivity index (χ3v) is 4.68. The molecule has 25 heavy (non-hydrogen) atoms. The van der Waals surface area contributed by atoms with Crippen LogP contribution in [0.5, 0.6) is 0 Å². The molecular formula is C15H27N3O7. The van der Waals surface area contributed by atoms with Crippen molar-refractivity contribution >= 4 is 11.8 Å². The molecular weight excluding hydrogens is 334 g/mol. The van der Waals surface area contributed by atoms with E-state index in [1.54, 1.807) is 6.92 Å². The van der Waals surface area contributed by atoms with Crippen molar-refractivity contribution in [3.63, 3.8) is 0 Å². The van der Waals surface area contributed by atoms with Gasteiger partial charge in [0.25, 0.3) is 0 Å². The van der Waals surface area contributed by atoms with Crippen LogP contribution in [0.15, 0.2) is 0 Å². The Kier molecular flexibility index (Phi) is 7.11. The Morgan fingerprint density at radius 1 is 1.24 bits per heavy atom. The summed E-state index contributed by atoms with van der Waals surface area (Å²) in [6.07, 6.45) is -5.22. The standard InChI is InChI=1S/C15H27N3O7/c1-7-10(19)11(20)12(21)15(25-7)24-5-4-18-14(23)9-6-17-3-2-8(9)13(16)22/h7-12,15,17,19-21H,2-6H2,1H3,(H2,16,22)(H,18,23)/t7-,8?,9?,10+,11+,12-,15+/m0/s1. The Hall–Kier alpha value is -1.30. The highest BCUT2D eigenvalue weighted by Gasteiger charge is 2.42. The molecule has 0 aliphatic carbocycles. The van der Waals surface area contributed by atoms with E-state index in [1.165, 1.54) is 0 Å². The molecule has 0 spiro atoms. The number of primary amides is 1. The topological polar surface area (TPSA) is 163 Å². The molecule has 2 heterocycles. The van der Waals surface area contributed by atoms with Crippen LogP contribution in [0.4, 0.5) is 0 Å². The molecule has 0 bridgehead atoms. The quantitative estimate of drug-likeness (QED) is 0.267. The first-order valence-electron chi connectivity index (χ1n) is 8.42. The van der Waals surface area contributed by atoms with Gasteiger partial charge in [-0.05, 0) is 19.9 Å². The fourth-order valence-corrected chi connectivity index (χ4v) is 3.11. The lowest BCUT2D eigenvalue weighted by molar-refractivity contribution is -0.292. The van der Waals surface area contributed by atoms with Gasteiger partial charge in [0.1, 0.15) is 18.3 Å². The number of hydrogen-bond acceptors (Lipinski definition) is 8. The molecule has 0 aromatic heterocycles. The van der Waals surface area contributed by atoms with Crippen LogP contribution in [0.3, 0.4) is 0 Å². The Morgan fingerprint density at radius 2 is 1.96 bits per heavy atom. The Balaban J connectivity index is 1.75. The lowest BCUT2D eigenvalue weighted by atomic mass is 9.85. The van der Waals surface area contributed by atoms with Gasteiger partial charge in [-0.3, -0.25) is 9.59 Å². The molecule has 0 aromatic carbocycles. The van der Waals surface area contributed by atoms with E-state index in [-0.39, 0.29) is 19.1 Å². The number of piperidine rings is 1. The second-order valence-electron chi connectivity index (χ2n) is 6.45. The molecule has 7 atom stereocenters. The second kappa shape index (κ2) is 8.88. The number of aliphatic hydroxyl groups excluding tert-OH is 3. The van der Waals surface area contributed by atoms with Crippen molar-refractivity contribution in [3.05, 3.63) is 0 Å². The number of hydrogen-bond donors (Lipinski definition) is 6. The first-order chi connectivity index (χ1) is 11.8. The maximum absolute atomic E-state index is 12.2. The van der Waals surface area contributed by atoms with Crippen molar-refractivity contribution < 1.29 is 34.4 Å². The Labute approximate surface area is 145 Å². The molecule has 7 N–H and O–H groups in total. The normalized spacial score (nSPS) is 39.0. The predicted molar refractivity (Wildman–Crippen MR) is 85.0 cm³/mol. The summed E-state index contributed by atoms with van der Waals surface area (Å²) in [6.45, 7) is 2.75. The summed E-state index contributed by atoms with van der Waals surface area (Å²) in [5, 5.41) is 34.9. The van der Waals surface area contributed by atoms with Gasteiger partial charge < -0.3 is 41.2 Å². The largest absolute Gasteiger partial charge is 0.388 e. The second-order valence-corrected chi connectivity index (χ2v) is 6.45. The molecule has 2 unspecified atom stereocenters. The van der Waals surface area contributed by atoms with Gasteiger partial charge in [-0.15, -0.1) is 0 Å². The number of nitrogens with one attached hydrogen (secondary N) is 2. The van der Waals surface area contributed by atoms with Gasteiger partial charge in [-0.25, -0.2) is 0 Å². The predicted octanol–water partition coefficient (Wildman–Crippen LogP) is -3.34. The summed E-state index contributed by atoms with van der Waals surface area (Å²) >= 11 is 0. The minimum absolute atomic E-state index is 0.0321. The van der Waals surface area contributed by atoms with Crippen LogP contribution in [0.1, 0.15) is 13.3 Å². The van der Waals surface area contributed by atoms with Crippen LogP contribution in [0, 0.1) is 11.8 Å². The van der Waals surface area contributed by atoms with Gasteiger partial charge in [-0.1, -0.05) is 0 Å². The molecule has 10 heteroatoms. The summed E-state index contributed by atoms with van der Waals surface area (Å²) in [4.78, 5) is 23.6. The number of carbonyl (C=O) groups is 2. The molecule has 0 aromatic rings. The van der Waals surface area contributed by atoms with Crippen molar-refractivity contribution in [2.24, 2.45) is 17.6 Å². The van der Waals surface area contributed by atoms with E-state index in [9.17, 15) is 24.9 Å². The average molecular weight is 361 g/mol. The number of amides is 2. The van der Waals surface area contributed by atoms with Crippen LogP contribution >= 0.6 is 0 Å². The minimum Gasteiger partial charge on any atom is -0.388 e. The third-order valence-electron chi connectivity index (χ3n) is 4.68. The van der Waals surface area contributed by atoms with E-state index in [1.807, 2.05) is 0 Å². The molecule has 2 saturated heterocycles. The lowest BCUT2D eigenvalue weighted by Crippen LogP contribution is -2.57. The minimum atomic E-state index is -1.39. The highest BCUT2D eigenvalue weighted by Crippen LogP contribution is 2.22. The molecule has 2 aliphatic heterocycles. The maximum atomic E-state index is 12.2. The van der Waals surface area contributed by atoms with E-state index in [0.717, 1.165) is 0 Å². The van der Waals surface area contributed by atoms with Gasteiger partial charge >= 0.3 is 0 Å². The summed E-state index contributed by atoms with van der Waals surface area (Å²) in [6, 6.07) is 0. The molecule has 2 fully saturated rings. The van der Waals surface area contributed by atoms with E-state index in [0.29, 0.717) is 19.5 Å². The molecule has 2 amide bonds. The molecule has 10 nitrogen and oxygen atoms in total. The van der Waals surface area contributed by atoms with Crippen LogP contribution in [-0.4, -0.2) is 84.1 Å². The molecule has 2 rings (SSSR count). The van der Waals surface area contributed by atoms with Crippen LogP contribution < -0.4 is 16.4 Å². The zero-order valence-electron chi connectivity index (χ0n) is 14.1. The smallest absolute Gasteiger partial charge is 0.225 e. The molecule has 0 saturated carbocycles. The summed E-state index contributed by atoms with van der Waals surface area (Å²) in [5.41, 5.74) is 5.34. The summed E-state index contributed by atoms with van der Waals surface area (Å²) in [5.74, 6) is -1.81. The zero-order valence-corrected chi connectivity index (χ0v) is 14.1. The van der Waals surface area contributed by atoms with Gasteiger partial charge in [0, 0.05) is 13.1 Å². The lowest BCUT2D eigenvalue weighted by Gasteiger charge is -2.38. The van der Waals surface area contributed by atoms with Crippen LogP contribution in [0.25, 0.3) is 0 Å². The van der Waals surface area contributed by atoms with E-state index < -0.39 is 48.4 Å². The van der Waals surface area contributed by atoms with Crippen molar-refractivity contribution in [2.75, 3.05) is 26.2 Å². The molecule has 2 aliphatic rings. The monoisotopic (exact) mass is 361 g/mol. The van der Waals surface area contributed by atoms with E-state index in [4.69, 9.17) is 15.2 Å². The maximum Gasteiger partial charge on any atom is 0.225 e. The Morgan fingerprint density at radius 3 is 2.64 bits per heavy atom. The number of aliphatic hydroxyl groups is 3. The first-order valence-corrected chi connectivity index (χ1v) is 8.42. The SMILES string of the molecule is C[C@@H]1O[C@@H](OCCNC(=O)C2CNCCC2C(N)=O)[C@@H](O)[C@H](O)[C@@H]1O. The van der Waals surface area contributed by atoms with Crippen LogP contribution in [-0.2, 0) is 19.1 Å². The van der Waals surface area contributed by atoms with Crippen LogP contribution in [0.2, 0.25) is 0 Å². The molecule has 144 valence electrons. The van der Waals surface area contributed by atoms with Crippen molar-refractivity contribution in [3.8, 4) is 0 Å². The number of nitrogens with two attached hydrogens (primary N) is 1. The third kappa shape index (κ3) is 4.87. The first kappa shape index (κ1) is 20.0. The fraction of sp³-hybridized carbons (Fsp3) is 0.867.